The largest absolute Gasteiger partial charge is 0.362 e. The molecule has 3 aromatic rings. The maximum absolute atomic E-state index is 9.23. The van der Waals surface area contributed by atoms with E-state index in [1.165, 1.54) is 11.3 Å². The van der Waals surface area contributed by atoms with Crippen molar-refractivity contribution in [1.82, 2.24) is 9.97 Å². The second-order valence-corrected chi connectivity index (χ2v) is 5.98. The summed E-state index contributed by atoms with van der Waals surface area (Å²) >= 11 is 1.43. The number of hydrogen-bond donors (Lipinski definition) is 0. The molecule has 0 spiro atoms. The molecule has 0 bridgehead atoms. The lowest BCUT2D eigenvalue weighted by molar-refractivity contribution is 1.07. The Bertz CT molecular complexity index is 844. The standard InChI is InChI=1S/C16H14N4S/c1-10-12(9-17)21-16-13(10)15(20(2)3)18-14(19-16)11-7-5-4-6-8-11/h4-8H,1-3H3. The zero-order valence-corrected chi connectivity index (χ0v) is 12.9. The van der Waals surface area contributed by atoms with E-state index < -0.39 is 0 Å². The Kier molecular flexibility index (Phi) is 3.32. The van der Waals surface area contributed by atoms with Crippen molar-refractivity contribution in [3.63, 3.8) is 0 Å². The summed E-state index contributed by atoms with van der Waals surface area (Å²) < 4.78 is 0. The van der Waals surface area contributed by atoms with Gasteiger partial charge in [-0.05, 0) is 12.5 Å². The van der Waals surface area contributed by atoms with Crippen LogP contribution in [0.25, 0.3) is 21.6 Å². The minimum atomic E-state index is 0.692. The van der Waals surface area contributed by atoms with Crippen LogP contribution in [0.2, 0.25) is 0 Å². The van der Waals surface area contributed by atoms with Gasteiger partial charge in [0.25, 0.3) is 0 Å². The van der Waals surface area contributed by atoms with Gasteiger partial charge in [-0.2, -0.15) is 5.26 Å². The maximum Gasteiger partial charge on any atom is 0.163 e. The topological polar surface area (TPSA) is 52.8 Å². The quantitative estimate of drug-likeness (QED) is 0.724. The Labute approximate surface area is 127 Å². The molecule has 0 radical (unpaired) electrons. The summed E-state index contributed by atoms with van der Waals surface area (Å²) in [4.78, 5) is 12.9. The zero-order valence-electron chi connectivity index (χ0n) is 12.1. The first-order valence-electron chi connectivity index (χ1n) is 6.55. The lowest BCUT2D eigenvalue weighted by Gasteiger charge is -2.14. The fourth-order valence-electron chi connectivity index (χ4n) is 2.26. The minimum absolute atomic E-state index is 0.692. The van der Waals surface area contributed by atoms with Crippen LogP contribution >= 0.6 is 11.3 Å². The van der Waals surface area contributed by atoms with Gasteiger partial charge in [0, 0.05) is 19.7 Å². The smallest absolute Gasteiger partial charge is 0.163 e. The fourth-order valence-corrected chi connectivity index (χ4v) is 3.24. The van der Waals surface area contributed by atoms with Crippen molar-refractivity contribution in [3.8, 4) is 17.5 Å². The maximum atomic E-state index is 9.23. The van der Waals surface area contributed by atoms with Crippen molar-refractivity contribution >= 4 is 27.4 Å². The lowest BCUT2D eigenvalue weighted by atomic mass is 10.2. The van der Waals surface area contributed by atoms with E-state index in [4.69, 9.17) is 4.98 Å². The Hall–Kier alpha value is -2.45. The van der Waals surface area contributed by atoms with E-state index in [0.29, 0.717) is 10.7 Å². The molecule has 0 N–H and O–H groups in total. The first kappa shape index (κ1) is 13.5. The summed E-state index contributed by atoms with van der Waals surface area (Å²) in [5, 5.41) is 10.2. The highest BCUT2D eigenvalue weighted by molar-refractivity contribution is 7.19. The van der Waals surface area contributed by atoms with Crippen LogP contribution in [0.3, 0.4) is 0 Å². The molecule has 21 heavy (non-hydrogen) atoms. The molecule has 2 aromatic heterocycles. The van der Waals surface area contributed by atoms with Gasteiger partial charge in [0.1, 0.15) is 21.6 Å². The van der Waals surface area contributed by atoms with E-state index in [-0.39, 0.29) is 0 Å². The molecule has 0 atom stereocenters. The number of aromatic nitrogens is 2. The molecule has 4 nitrogen and oxygen atoms in total. The predicted molar refractivity (Wildman–Crippen MR) is 86.6 cm³/mol. The molecule has 0 fully saturated rings. The fraction of sp³-hybridized carbons (Fsp3) is 0.188. The Balaban J connectivity index is 2.34. The second-order valence-electron chi connectivity index (χ2n) is 4.98. The molecule has 0 unspecified atom stereocenters. The van der Waals surface area contributed by atoms with Crippen molar-refractivity contribution in [2.24, 2.45) is 0 Å². The van der Waals surface area contributed by atoms with Gasteiger partial charge in [0.15, 0.2) is 5.82 Å². The molecule has 0 saturated heterocycles. The lowest BCUT2D eigenvalue weighted by Crippen LogP contribution is -2.12. The van der Waals surface area contributed by atoms with Gasteiger partial charge >= 0.3 is 0 Å². The molecule has 1 aromatic carbocycles. The monoisotopic (exact) mass is 294 g/mol. The molecule has 3 rings (SSSR count). The molecule has 0 aliphatic heterocycles. The van der Waals surface area contributed by atoms with E-state index in [2.05, 4.69) is 11.1 Å². The van der Waals surface area contributed by atoms with Crippen molar-refractivity contribution in [1.29, 1.82) is 5.26 Å². The van der Waals surface area contributed by atoms with Crippen molar-refractivity contribution < 1.29 is 0 Å². The van der Waals surface area contributed by atoms with Gasteiger partial charge in [0.2, 0.25) is 0 Å². The number of benzene rings is 1. The van der Waals surface area contributed by atoms with Crippen molar-refractivity contribution in [2.75, 3.05) is 19.0 Å². The first-order valence-corrected chi connectivity index (χ1v) is 7.37. The molecular formula is C16H14N4S. The average Bonchev–Trinajstić information content (AvgIpc) is 2.83. The van der Waals surface area contributed by atoms with E-state index in [1.807, 2.05) is 56.3 Å². The second kappa shape index (κ2) is 5.15. The number of fused-ring (bicyclic) bond motifs is 1. The number of aryl methyl sites for hydroxylation is 1. The third kappa shape index (κ3) is 2.24. The number of nitrogens with zero attached hydrogens (tertiary/aromatic N) is 4. The van der Waals surface area contributed by atoms with E-state index in [1.54, 1.807) is 0 Å². The number of nitriles is 1. The van der Waals surface area contributed by atoms with Crippen LogP contribution in [0, 0.1) is 18.3 Å². The number of anilines is 1. The summed E-state index contributed by atoms with van der Waals surface area (Å²) in [6, 6.07) is 12.1. The van der Waals surface area contributed by atoms with Crippen LogP contribution in [0.15, 0.2) is 30.3 Å². The van der Waals surface area contributed by atoms with E-state index in [9.17, 15) is 5.26 Å². The van der Waals surface area contributed by atoms with Gasteiger partial charge in [-0.25, -0.2) is 9.97 Å². The van der Waals surface area contributed by atoms with Crippen LogP contribution in [0.5, 0.6) is 0 Å². The van der Waals surface area contributed by atoms with Gasteiger partial charge in [0.05, 0.1) is 5.39 Å². The van der Waals surface area contributed by atoms with Gasteiger partial charge in [-0.15, -0.1) is 11.3 Å². The van der Waals surface area contributed by atoms with E-state index in [0.717, 1.165) is 27.2 Å². The molecule has 0 amide bonds. The van der Waals surface area contributed by atoms with Crippen molar-refractivity contribution in [2.45, 2.75) is 6.92 Å². The Morgan fingerprint density at radius 2 is 1.86 bits per heavy atom. The van der Waals surface area contributed by atoms with Gasteiger partial charge in [-0.1, -0.05) is 30.3 Å². The summed E-state index contributed by atoms with van der Waals surface area (Å²) in [5.74, 6) is 1.55. The first-order chi connectivity index (χ1) is 10.1. The van der Waals surface area contributed by atoms with Crippen LogP contribution in [-0.4, -0.2) is 24.1 Å². The minimum Gasteiger partial charge on any atom is -0.362 e. The molecule has 0 saturated carbocycles. The van der Waals surface area contributed by atoms with Gasteiger partial charge < -0.3 is 4.90 Å². The molecule has 5 heteroatoms. The highest BCUT2D eigenvalue weighted by atomic mass is 32.1. The summed E-state index contributed by atoms with van der Waals surface area (Å²) in [7, 11) is 3.92. The highest BCUT2D eigenvalue weighted by Crippen LogP contribution is 2.35. The SMILES string of the molecule is Cc1c(C#N)sc2nc(-c3ccccc3)nc(N(C)C)c12. The molecule has 104 valence electrons. The highest BCUT2D eigenvalue weighted by Gasteiger charge is 2.17. The van der Waals surface area contributed by atoms with Crippen LogP contribution in [0.1, 0.15) is 10.4 Å². The average molecular weight is 294 g/mol. The number of rotatable bonds is 2. The number of hydrogen-bond acceptors (Lipinski definition) is 5. The molecule has 0 aliphatic rings. The summed E-state index contributed by atoms with van der Waals surface area (Å²) in [6.45, 7) is 1.95. The van der Waals surface area contributed by atoms with Crippen LogP contribution in [0.4, 0.5) is 5.82 Å². The third-order valence-electron chi connectivity index (χ3n) is 3.33. The van der Waals surface area contributed by atoms with Crippen molar-refractivity contribution in [3.05, 3.63) is 40.8 Å². The van der Waals surface area contributed by atoms with Crippen LogP contribution in [-0.2, 0) is 0 Å². The van der Waals surface area contributed by atoms with Gasteiger partial charge in [-0.3, -0.25) is 0 Å². The molecular weight excluding hydrogens is 280 g/mol. The Morgan fingerprint density at radius 1 is 1.14 bits per heavy atom. The van der Waals surface area contributed by atoms with E-state index >= 15 is 0 Å². The predicted octanol–water partition coefficient (Wildman–Crippen LogP) is 3.60. The molecule has 2 heterocycles. The molecule has 0 aliphatic carbocycles. The third-order valence-corrected chi connectivity index (χ3v) is 4.42. The zero-order chi connectivity index (χ0) is 15.0. The summed E-state index contributed by atoms with van der Waals surface area (Å²) in [5.41, 5.74) is 1.94. The number of thiophene rings is 1. The normalized spacial score (nSPS) is 10.6. The Morgan fingerprint density at radius 3 is 2.48 bits per heavy atom. The van der Waals surface area contributed by atoms with Crippen LogP contribution < -0.4 is 4.90 Å². The summed E-state index contributed by atoms with van der Waals surface area (Å²) in [6.07, 6.45) is 0.